The minimum atomic E-state index is -0.201. The smallest absolute Gasteiger partial charge is 0.219 e. The van der Waals surface area contributed by atoms with E-state index in [1.165, 1.54) is 0 Å². The van der Waals surface area contributed by atoms with E-state index in [-0.39, 0.29) is 5.12 Å². The summed E-state index contributed by atoms with van der Waals surface area (Å²) >= 11 is 4.29. The van der Waals surface area contributed by atoms with Crippen LogP contribution in [0.15, 0.2) is 0 Å². The van der Waals surface area contributed by atoms with Gasteiger partial charge in [0.25, 0.3) is 0 Å². The van der Waals surface area contributed by atoms with E-state index in [0.717, 1.165) is 0 Å². The Hall–Kier alpha value is -0.550. The highest BCUT2D eigenvalue weighted by Crippen LogP contribution is 1.90. The molecule has 0 saturated heterocycles. The van der Waals surface area contributed by atoms with Gasteiger partial charge in [0.1, 0.15) is 0 Å². The van der Waals surface area contributed by atoms with Crippen molar-refractivity contribution < 1.29 is 4.79 Å². The Balaban J connectivity index is 3.14. The lowest BCUT2D eigenvalue weighted by molar-refractivity contribution is -0.110. The predicted octanol–water partition coefficient (Wildman–Crippen LogP) is 1.51. The van der Waals surface area contributed by atoms with Crippen LogP contribution in [0, 0.1) is 11.8 Å². The van der Waals surface area contributed by atoms with Gasteiger partial charge in [0.15, 0.2) is 0 Å². The van der Waals surface area contributed by atoms with Gasteiger partial charge in [-0.3, -0.25) is 4.79 Å². The van der Waals surface area contributed by atoms with Crippen LogP contribution in [0.25, 0.3) is 0 Å². The van der Waals surface area contributed by atoms with Gasteiger partial charge in [0.05, 0.1) is 0 Å². The van der Waals surface area contributed by atoms with E-state index in [2.05, 4.69) is 24.5 Å². The van der Waals surface area contributed by atoms with Crippen LogP contribution in [0.1, 0.15) is 19.8 Å². The molecule has 0 saturated carbocycles. The highest BCUT2D eigenvalue weighted by Gasteiger charge is 1.89. The topological polar surface area (TPSA) is 17.1 Å². The van der Waals surface area contributed by atoms with Crippen molar-refractivity contribution in [1.29, 1.82) is 0 Å². The van der Waals surface area contributed by atoms with Gasteiger partial charge in [-0.25, -0.2) is 0 Å². The van der Waals surface area contributed by atoms with Gasteiger partial charge in [-0.1, -0.05) is 0 Å². The van der Waals surface area contributed by atoms with Crippen molar-refractivity contribution in [2.45, 2.75) is 19.8 Å². The van der Waals surface area contributed by atoms with Crippen molar-refractivity contribution in [3.8, 4) is 11.8 Å². The van der Waals surface area contributed by atoms with Gasteiger partial charge in [0, 0.05) is 12.8 Å². The van der Waals surface area contributed by atoms with Crippen molar-refractivity contribution in [2.24, 2.45) is 0 Å². The summed E-state index contributed by atoms with van der Waals surface area (Å²) in [6.07, 6.45) is 1.02. The number of carbonyl (C=O) groups excluding carboxylic acids is 1. The molecule has 0 N–H and O–H groups in total. The second-order valence-corrected chi connectivity index (χ2v) is 1.75. The maximum Gasteiger partial charge on any atom is 0.219 e. The largest absolute Gasteiger partial charge is 0.282 e. The van der Waals surface area contributed by atoms with Crippen LogP contribution in [0.4, 0.5) is 0 Å². The third-order valence-electron chi connectivity index (χ3n) is 0.631. The molecule has 8 heavy (non-hydrogen) atoms. The maximum absolute atomic E-state index is 10.1. The number of carbonyl (C=O) groups is 1. The quantitative estimate of drug-likeness (QED) is 0.514. The Kier molecular flexibility index (Phi) is 4.29. The second-order valence-electron chi connectivity index (χ2n) is 1.30. The lowest BCUT2D eigenvalue weighted by Gasteiger charge is -1.79. The van der Waals surface area contributed by atoms with Crippen LogP contribution < -0.4 is 0 Å². The Labute approximate surface area is 54.9 Å². The van der Waals surface area contributed by atoms with E-state index < -0.39 is 0 Å². The van der Waals surface area contributed by atoms with E-state index in [0.29, 0.717) is 12.8 Å². The second kappa shape index (κ2) is 4.61. The first kappa shape index (κ1) is 7.45. The predicted molar refractivity (Wildman–Crippen MR) is 35.3 cm³/mol. The molecule has 0 fully saturated rings. The molecule has 0 rings (SSSR count). The van der Waals surface area contributed by atoms with Crippen LogP contribution in [0.5, 0.6) is 0 Å². The molecule has 0 unspecified atom stereocenters. The van der Waals surface area contributed by atoms with Crippen molar-refractivity contribution in [3.63, 3.8) is 0 Å². The van der Waals surface area contributed by atoms with Gasteiger partial charge >= 0.3 is 0 Å². The molecule has 0 aromatic rings. The molecule has 0 aliphatic carbocycles. The zero-order chi connectivity index (χ0) is 6.41. The zero-order valence-electron chi connectivity index (χ0n) is 4.73. The standard InChI is InChI=1S/C6H7OS/c1-2-3-4-5-6(7)8/h4-5H2,1H3. The van der Waals surface area contributed by atoms with E-state index in [1.807, 2.05) is 0 Å². The minimum absolute atomic E-state index is 0.201. The molecule has 0 aliphatic rings. The number of hydrogen-bond donors (Lipinski definition) is 0. The molecule has 0 aromatic heterocycles. The molecular weight excluding hydrogens is 120 g/mol. The van der Waals surface area contributed by atoms with Crippen LogP contribution in [0.3, 0.4) is 0 Å². The monoisotopic (exact) mass is 127 g/mol. The lowest BCUT2D eigenvalue weighted by atomic mass is 10.3. The Morgan fingerprint density at radius 3 is 2.75 bits per heavy atom. The fraction of sp³-hybridized carbons (Fsp3) is 0.500. The molecule has 0 spiro atoms. The van der Waals surface area contributed by atoms with Gasteiger partial charge in [-0.05, 0) is 19.6 Å². The minimum Gasteiger partial charge on any atom is -0.282 e. The molecule has 2 heteroatoms. The highest BCUT2D eigenvalue weighted by atomic mass is 32.1. The van der Waals surface area contributed by atoms with Crippen LogP contribution >= 0.6 is 12.6 Å². The van der Waals surface area contributed by atoms with Crippen molar-refractivity contribution in [3.05, 3.63) is 0 Å². The van der Waals surface area contributed by atoms with E-state index >= 15 is 0 Å². The summed E-state index contributed by atoms with van der Waals surface area (Å²) in [5.41, 5.74) is 0. The van der Waals surface area contributed by atoms with Crippen LogP contribution in [0.2, 0.25) is 0 Å². The summed E-state index contributed by atoms with van der Waals surface area (Å²) in [6.45, 7) is 1.74. The van der Waals surface area contributed by atoms with Crippen LogP contribution in [-0.4, -0.2) is 5.12 Å². The van der Waals surface area contributed by atoms with Gasteiger partial charge in [-0.15, -0.1) is 11.8 Å². The lowest BCUT2D eigenvalue weighted by Crippen LogP contribution is -1.82. The molecule has 0 amide bonds. The first-order valence-corrected chi connectivity index (χ1v) is 2.77. The zero-order valence-corrected chi connectivity index (χ0v) is 5.55. The van der Waals surface area contributed by atoms with Crippen molar-refractivity contribution >= 4 is 17.7 Å². The van der Waals surface area contributed by atoms with E-state index in [4.69, 9.17) is 0 Å². The molecule has 0 aliphatic heterocycles. The van der Waals surface area contributed by atoms with Crippen molar-refractivity contribution in [1.82, 2.24) is 0 Å². The Morgan fingerprint density at radius 2 is 2.38 bits per heavy atom. The molecule has 43 valence electrons. The number of hydrogen-bond acceptors (Lipinski definition) is 1. The van der Waals surface area contributed by atoms with Crippen LogP contribution in [-0.2, 0) is 4.79 Å². The molecule has 0 aromatic carbocycles. The maximum atomic E-state index is 10.1. The molecule has 0 heterocycles. The summed E-state index contributed by atoms with van der Waals surface area (Å²) in [5.74, 6) is 5.42. The summed E-state index contributed by atoms with van der Waals surface area (Å²) < 4.78 is 0. The first-order valence-electron chi connectivity index (χ1n) is 2.37. The average Bonchev–Trinajstić information content (AvgIpc) is 1.66. The van der Waals surface area contributed by atoms with E-state index in [1.54, 1.807) is 6.92 Å². The van der Waals surface area contributed by atoms with Gasteiger partial charge in [-0.2, -0.15) is 0 Å². The average molecular weight is 127 g/mol. The van der Waals surface area contributed by atoms with Crippen molar-refractivity contribution in [2.75, 3.05) is 0 Å². The Bertz CT molecular complexity index is 129. The summed E-state index contributed by atoms with van der Waals surface area (Å²) in [6, 6.07) is 0. The number of rotatable bonds is 2. The third-order valence-corrected chi connectivity index (χ3v) is 0.835. The molecule has 0 atom stereocenters. The molecule has 1 radical (unpaired) electrons. The molecule has 1 nitrogen and oxygen atoms in total. The highest BCUT2D eigenvalue weighted by molar-refractivity contribution is 7.96. The summed E-state index contributed by atoms with van der Waals surface area (Å²) in [7, 11) is 0. The SMILES string of the molecule is CC#CCCC(=O)[S]. The molecule has 0 bridgehead atoms. The van der Waals surface area contributed by atoms with Gasteiger partial charge < -0.3 is 0 Å². The van der Waals surface area contributed by atoms with E-state index in [9.17, 15) is 4.79 Å². The normalized spacial score (nSPS) is 7.12. The summed E-state index contributed by atoms with van der Waals surface area (Å²) in [5, 5.41) is -0.201. The van der Waals surface area contributed by atoms with Gasteiger partial charge in [0.2, 0.25) is 5.12 Å². The molecular formula is C6H7OS. The summed E-state index contributed by atoms with van der Waals surface area (Å²) in [4.78, 5) is 10.1. The fourth-order valence-corrected chi connectivity index (χ4v) is 0.392. The third kappa shape index (κ3) is 5.45. The first-order chi connectivity index (χ1) is 3.77. The fourth-order valence-electron chi connectivity index (χ4n) is 0.290. The Morgan fingerprint density at radius 1 is 1.75 bits per heavy atom.